The van der Waals surface area contributed by atoms with E-state index in [0.29, 0.717) is 6.54 Å². The van der Waals surface area contributed by atoms with Crippen LogP contribution in [0.2, 0.25) is 5.02 Å². The van der Waals surface area contributed by atoms with Gasteiger partial charge in [0.05, 0.1) is 12.3 Å². The van der Waals surface area contributed by atoms with Gasteiger partial charge in [-0.2, -0.15) is 0 Å². The van der Waals surface area contributed by atoms with Crippen LogP contribution >= 0.6 is 22.9 Å². The average molecular weight is 359 g/mol. The van der Waals surface area contributed by atoms with Crippen LogP contribution in [0.15, 0.2) is 53.9 Å². The molecule has 3 nitrogen and oxygen atoms in total. The second kappa shape index (κ2) is 7.90. The van der Waals surface area contributed by atoms with Gasteiger partial charge in [0.1, 0.15) is 5.01 Å². The molecule has 1 aromatic heterocycles. The van der Waals surface area contributed by atoms with Crippen molar-refractivity contribution in [1.29, 1.82) is 0 Å². The van der Waals surface area contributed by atoms with Crippen LogP contribution in [0.25, 0.3) is 21.8 Å². The highest BCUT2D eigenvalue weighted by molar-refractivity contribution is 7.13. The zero-order valence-corrected chi connectivity index (χ0v) is 15.0. The number of likely N-dealkylation sites (N-methyl/N-ethyl adjacent to an activating group) is 1. The summed E-state index contributed by atoms with van der Waals surface area (Å²) in [5.74, 6) is 0. The fourth-order valence-electron chi connectivity index (χ4n) is 2.47. The van der Waals surface area contributed by atoms with E-state index in [1.54, 1.807) is 11.3 Å². The highest BCUT2D eigenvalue weighted by Crippen LogP contribution is 2.29. The number of aliphatic hydroxyl groups excluding tert-OH is 1. The van der Waals surface area contributed by atoms with Crippen molar-refractivity contribution in [2.45, 2.75) is 6.54 Å². The monoisotopic (exact) mass is 358 g/mol. The first-order valence-electron chi connectivity index (χ1n) is 7.76. The smallest absolute Gasteiger partial charge is 0.124 e. The summed E-state index contributed by atoms with van der Waals surface area (Å²) in [7, 11) is 2.00. The fourth-order valence-corrected chi connectivity index (χ4v) is 3.43. The van der Waals surface area contributed by atoms with Crippen molar-refractivity contribution in [3.63, 3.8) is 0 Å². The summed E-state index contributed by atoms with van der Waals surface area (Å²) in [5, 5.41) is 12.8. The predicted molar refractivity (Wildman–Crippen MR) is 101 cm³/mol. The molecule has 0 amide bonds. The zero-order valence-electron chi connectivity index (χ0n) is 13.4. The SMILES string of the molecule is CN(CCO)Cc1ccc(-c2csc(-c3ccc(Cl)cc3)n2)cc1. The quantitative estimate of drug-likeness (QED) is 0.702. The van der Waals surface area contributed by atoms with E-state index in [4.69, 9.17) is 21.7 Å². The van der Waals surface area contributed by atoms with Gasteiger partial charge >= 0.3 is 0 Å². The molecule has 0 aliphatic heterocycles. The zero-order chi connectivity index (χ0) is 16.9. The lowest BCUT2D eigenvalue weighted by molar-refractivity contribution is 0.217. The van der Waals surface area contributed by atoms with Gasteiger partial charge in [0.15, 0.2) is 0 Å². The molecule has 3 rings (SSSR count). The van der Waals surface area contributed by atoms with Gasteiger partial charge in [-0.25, -0.2) is 4.98 Å². The molecular weight excluding hydrogens is 340 g/mol. The van der Waals surface area contributed by atoms with Crippen molar-refractivity contribution in [1.82, 2.24) is 9.88 Å². The van der Waals surface area contributed by atoms with Crippen LogP contribution in [-0.4, -0.2) is 35.2 Å². The maximum Gasteiger partial charge on any atom is 0.124 e. The van der Waals surface area contributed by atoms with Crippen molar-refractivity contribution in [2.75, 3.05) is 20.2 Å². The lowest BCUT2D eigenvalue weighted by atomic mass is 10.1. The van der Waals surface area contributed by atoms with Crippen LogP contribution in [-0.2, 0) is 6.54 Å². The molecule has 0 atom stereocenters. The van der Waals surface area contributed by atoms with Gasteiger partial charge in [-0.15, -0.1) is 11.3 Å². The Balaban J connectivity index is 1.74. The molecule has 1 heterocycles. The fraction of sp³-hybridized carbons (Fsp3) is 0.211. The minimum Gasteiger partial charge on any atom is -0.395 e. The summed E-state index contributed by atoms with van der Waals surface area (Å²) in [5.41, 5.74) is 4.40. The second-order valence-corrected chi connectivity index (χ2v) is 7.00. The maximum atomic E-state index is 8.96. The summed E-state index contributed by atoms with van der Waals surface area (Å²) in [6.07, 6.45) is 0. The number of aromatic nitrogens is 1. The lowest BCUT2D eigenvalue weighted by Crippen LogP contribution is -2.21. The average Bonchev–Trinajstić information content (AvgIpc) is 3.06. The largest absolute Gasteiger partial charge is 0.395 e. The van der Waals surface area contributed by atoms with Crippen molar-refractivity contribution in [3.05, 3.63) is 64.5 Å². The van der Waals surface area contributed by atoms with Gasteiger partial charge in [0, 0.05) is 34.6 Å². The molecule has 124 valence electrons. The molecular formula is C19H19ClN2OS. The van der Waals surface area contributed by atoms with Crippen molar-refractivity contribution >= 4 is 22.9 Å². The molecule has 0 aliphatic carbocycles. The summed E-state index contributed by atoms with van der Waals surface area (Å²) in [6.45, 7) is 1.69. The van der Waals surface area contributed by atoms with Gasteiger partial charge in [-0.05, 0) is 24.7 Å². The number of halogens is 1. The first kappa shape index (κ1) is 17.1. The van der Waals surface area contributed by atoms with Crippen molar-refractivity contribution in [3.8, 4) is 21.8 Å². The number of hydrogen-bond acceptors (Lipinski definition) is 4. The van der Waals surface area contributed by atoms with E-state index in [2.05, 4.69) is 34.5 Å². The van der Waals surface area contributed by atoms with Crippen LogP contribution in [0, 0.1) is 0 Å². The van der Waals surface area contributed by atoms with E-state index in [9.17, 15) is 0 Å². The predicted octanol–water partition coefficient (Wildman–Crippen LogP) is 4.55. The van der Waals surface area contributed by atoms with Crippen molar-refractivity contribution in [2.24, 2.45) is 0 Å². The first-order chi connectivity index (χ1) is 11.7. The molecule has 5 heteroatoms. The van der Waals surface area contributed by atoms with Gasteiger partial charge in [0.2, 0.25) is 0 Å². The molecule has 0 spiro atoms. The van der Waals surface area contributed by atoms with Crippen LogP contribution in [0.1, 0.15) is 5.56 Å². The Kier molecular flexibility index (Phi) is 5.63. The molecule has 0 fully saturated rings. The first-order valence-corrected chi connectivity index (χ1v) is 9.01. The number of nitrogens with zero attached hydrogens (tertiary/aromatic N) is 2. The Hall–Kier alpha value is -1.72. The molecule has 1 N–H and O–H groups in total. The van der Waals surface area contributed by atoms with Crippen molar-refractivity contribution < 1.29 is 5.11 Å². The van der Waals surface area contributed by atoms with E-state index < -0.39 is 0 Å². The van der Waals surface area contributed by atoms with Crippen LogP contribution < -0.4 is 0 Å². The molecule has 0 aliphatic rings. The maximum absolute atomic E-state index is 8.96. The standard InChI is InChI=1S/C19H19ClN2OS/c1-22(10-11-23)12-14-2-4-15(5-3-14)18-13-24-19(21-18)16-6-8-17(20)9-7-16/h2-9,13,23H,10-12H2,1H3. The van der Waals surface area contributed by atoms with Gasteiger partial charge < -0.3 is 5.11 Å². The van der Waals surface area contributed by atoms with E-state index in [0.717, 1.165) is 33.4 Å². The number of rotatable bonds is 6. The molecule has 24 heavy (non-hydrogen) atoms. The summed E-state index contributed by atoms with van der Waals surface area (Å²) >= 11 is 7.57. The van der Waals surface area contributed by atoms with Gasteiger partial charge in [-0.3, -0.25) is 4.90 Å². The van der Waals surface area contributed by atoms with Gasteiger partial charge in [0.25, 0.3) is 0 Å². The van der Waals surface area contributed by atoms with Crippen LogP contribution in [0.4, 0.5) is 0 Å². The Bertz CT molecular complexity index is 784. The third-order valence-electron chi connectivity index (χ3n) is 3.78. The molecule has 0 saturated carbocycles. The summed E-state index contributed by atoms with van der Waals surface area (Å²) in [6, 6.07) is 16.2. The Morgan fingerprint density at radius 3 is 2.38 bits per heavy atom. The molecule has 0 saturated heterocycles. The topological polar surface area (TPSA) is 36.4 Å². The van der Waals surface area contributed by atoms with E-state index in [1.807, 2.05) is 31.3 Å². The highest BCUT2D eigenvalue weighted by Gasteiger charge is 2.07. The summed E-state index contributed by atoms with van der Waals surface area (Å²) in [4.78, 5) is 6.83. The summed E-state index contributed by atoms with van der Waals surface area (Å²) < 4.78 is 0. The second-order valence-electron chi connectivity index (χ2n) is 5.70. The third-order valence-corrected chi connectivity index (χ3v) is 4.92. The Morgan fingerprint density at radius 1 is 1.04 bits per heavy atom. The normalized spacial score (nSPS) is 11.2. The lowest BCUT2D eigenvalue weighted by Gasteiger charge is -2.15. The minimum atomic E-state index is 0.181. The number of hydrogen-bond donors (Lipinski definition) is 1. The Labute approximate surface area is 151 Å². The molecule has 0 radical (unpaired) electrons. The molecule has 3 aromatic rings. The van der Waals surface area contributed by atoms with Crippen LogP contribution in [0.3, 0.4) is 0 Å². The number of benzene rings is 2. The molecule has 2 aromatic carbocycles. The molecule has 0 unspecified atom stereocenters. The minimum absolute atomic E-state index is 0.181. The molecule has 0 bridgehead atoms. The van der Waals surface area contributed by atoms with E-state index in [1.165, 1.54) is 5.56 Å². The van der Waals surface area contributed by atoms with E-state index >= 15 is 0 Å². The highest BCUT2D eigenvalue weighted by atomic mass is 35.5. The van der Waals surface area contributed by atoms with Crippen LogP contribution in [0.5, 0.6) is 0 Å². The van der Waals surface area contributed by atoms with E-state index in [-0.39, 0.29) is 6.61 Å². The third kappa shape index (κ3) is 4.22. The Morgan fingerprint density at radius 2 is 1.71 bits per heavy atom. The number of aliphatic hydroxyl groups is 1. The van der Waals surface area contributed by atoms with Gasteiger partial charge in [-0.1, -0.05) is 48.0 Å². The number of thiazole rings is 1.